The zero-order valence-corrected chi connectivity index (χ0v) is 10.1. The Balaban J connectivity index is 2.27. The minimum absolute atomic E-state index is 0.316. The van der Waals surface area contributed by atoms with E-state index in [0.29, 0.717) is 28.1 Å². The second kappa shape index (κ2) is 4.24. The van der Waals surface area contributed by atoms with Crippen LogP contribution in [0.3, 0.4) is 0 Å². The molecule has 19 heavy (non-hydrogen) atoms. The largest absolute Gasteiger partial charge is 0.399 e. The molecule has 0 aliphatic rings. The quantitative estimate of drug-likeness (QED) is 0.654. The smallest absolute Gasteiger partial charge is 0.132 e. The highest BCUT2D eigenvalue weighted by Crippen LogP contribution is 2.28. The van der Waals surface area contributed by atoms with Crippen molar-refractivity contribution in [3.05, 3.63) is 54.3 Å². The number of halogens is 1. The van der Waals surface area contributed by atoms with E-state index in [1.54, 1.807) is 42.5 Å². The molecule has 0 bridgehead atoms. The van der Waals surface area contributed by atoms with E-state index in [1.165, 1.54) is 6.07 Å². The SMILES string of the molecule is Nc1ccc2nc(-c3ccccc3F)cc(N)c2c1. The first-order valence-electron chi connectivity index (χ1n) is 5.86. The Morgan fingerprint density at radius 2 is 1.74 bits per heavy atom. The van der Waals surface area contributed by atoms with Crippen molar-refractivity contribution >= 4 is 22.3 Å². The molecule has 0 aliphatic heterocycles. The van der Waals surface area contributed by atoms with Gasteiger partial charge in [-0.2, -0.15) is 0 Å². The lowest BCUT2D eigenvalue weighted by molar-refractivity contribution is 0.631. The Morgan fingerprint density at radius 3 is 2.53 bits per heavy atom. The molecule has 3 aromatic rings. The van der Waals surface area contributed by atoms with Crippen LogP contribution in [-0.2, 0) is 0 Å². The van der Waals surface area contributed by atoms with E-state index < -0.39 is 0 Å². The zero-order valence-electron chi connectivity index (χ0n) is 10.1. The van der Waals surface area contributed by atoms with Crippen LogP contribution in [0, 0.1) is 5.82 Å². The molecule has 3 nitrogen and oxygen atoms in total. The molecule has 4 heteroatoms. The van der Waals surface area contributed by atoms with Crippen LogP contribution in [0.15, 0.2) is 48.5 Å². The lowest BCUT2D eigenvalue weighted by atomic mass is 10.1. The first-order chi connectivity index (χ1) is 9.15. The summed E-state index contributed by atoms with van der Waals surface area (Å²) in [4.78, 5) is 4.43. The highest BCUT2D eigenvalue weighted by molar-refractivity contribution is 5.94. The number of rotatable bonds is 1. The van der Waals surface area contributed by atoms with Crippen molar-refractivity contribution in [2.24, 2.45) is 0 Å². The summed E-state index contributed by atoms with van der Waals surface area (Å²) in [7, 11) is 0. The zero-order chi connectivity index (χ0) is 13.4. The molecule has 94 valence electrons. The standard InChI is InChI=1S/C15H12FN3/c16-12-4-2-1-3-10(12)15-8-13(18)11-7-9(17)5-6-14(11)19-15/h1-8H,17H2,(H2,18,19). The lowest BCUT2D eigenvalue weighted by Crippen LogP contribution is -1.95. The van der Waals surface area contributed by atoms with Crippen molar-refractivity contribution in [1.82, 2.24) is 4.98 Å². The van der Waals surface area contributed by atoms with Gasteiger partial charge in [0.05, 0.1) is 11.2 Å². The van der Waals surface area contributed by atoms with Gasteiger partial charge in [0.2, 0.25) is 0 Å². The van der Waals surface area contributed by atoms with E-state index in [0.717, 1.165) is 5.39 Å². The van der Waals surface area contributed by atoms with Gasteiger partial charge in [-0.15, -0.1) is 0 Å². The summed E-state index contributed by atoms with van der Waals surface area (Å²) < 4.78 is 13.8. The van der Waals surface area contributed by atoms with Crippen molar-refractivity contribution in [3.63, 3.8) is 0 Å². The van der Waals surface area contributed by atoms with Crippen LogP contribution < -0.4 is 11.5 Å². The number of nitrogens with two attached hydrogens (primary N) is 2. The number of nitrogen functional groups attached to an aromatic ring is 2. The average Bonchev–Trinajstić information content (AvgIpc) is 2.40. The van der Waals surface area contributed by atoms with Crippen LogP contribution in [0.1, 0.15) is 0 Å². The highest BCUT2D eigenvalue weighted by atomic mass is 19.1. The Labute approximate surface area is 109 Å². The van der Waals surface area contributed by atoms with Gasteiger partial charge in [0.1, 0.15) is 5.82 Å². The first kappa shape index (κ1) is 11.5. The normalized spacial score (nSPS) is 10.8. The van der Waals surface area contributed by atoms with Gasteiger partial charge >= 0.3 is 0 Å². The maximum atomic E-state index is 13.8. The molecule has 0 spiro atoms. The van der Waals surface area contributed by atoms with E-state index in [2.05, 4.69) is 4.98 Å². The number of hydrogen-bond donors (Lipinski definition) is 2. The topological polar surface area (TPSA) is 64.9 Å². The molecule has 3 rings (SSSR count). The fraction of sp³-hybridized carbons (Fsp3) is 0. The number of anilines is 2. The monoisotopic (exact) mass is 253 g/mol. The van der Waals surface area contributed by atoms with E-state index in [4.69, 9.17) is 11.5 Å². The van der Waals surface area contributed by atoms with Gasteiger partial charge in [0.15, 0.2) is 0 Å². The van der Waals surface area contributed by atoms with Gasteiger partial charge < -0.3 is 11.5 Å². The van der Waals surface area contributed by atoms with Crippen molar-refractivity contribution in [2.45, 2.75) is 0 Å². The van der Waals surface area contributed by atoms with Gasteiger partial charge in [-0.1, -0.05) is 12.1 Å². The highest BCUT2D eigenvalue weighted by Gasteiger charge is 2.09. The number of hydrogen-bond acceptors (Lipinski definition) is 3. The lowest BCUT2D eigenvalue weighted by Gasteiger charge is -2.08. The van der Waals surface area contributed by atoms with Crippen LogP contribution in [0.25, 0.3) is 22.2 Å². The second-order valence-corrected chi connectivity index (χ2v) is 4.35. The molecule has 4 N–H and O–H groups in total. The minimum Gasteiger partial charge on any atom is -0.399 e. The Kier molecular flexibility index (Phi) is 2.56. The molecule has 0 atom stereocenters. The molecule has 0 saturated heterocycles. The third-order valence-corrected chi connectivity index (χ3v) is 3.01. The summed E-state index contributed by atoms with van der Waals surface area (Å²) in [6.07, 6.45) is 0. The van der Waals surface area contributed by atoms with Gasteiger partial charge in [0, 0.05) is 22.3 Å². The van der Waals surface area contributed by atoms with E-state index >= 15 is 0 Å². The number of aromatic nitrogens is 1. The maximum Gasteiger partial charge on any atom is 0.132 e. The molecule has 0 saturated carbocycles. The van der Waals surface area contributed by atoms with Crippen molar-refractivity contribution < 1.29 is 4.39 Å². The Morgan fingerprint density at radius 1 is 0.947 bits per heavy atom. The third-order valence-electron chi connectivity index (χ3n) is 3.01. The molecular formula is C15H12FN3. The maximum absolute atomic E-state index is 13.8. The van der Waals surface area contributed by atoms with Gasteiger partial charge in [-0.3, -0.25) is 0 Å². The Hall–Kier alpha value is -2.62. The van der Waals surface area contributed by atoms with E-state index in [1.807, 2.05) is 0 Å². The van der Waals surface area contributed by atoms with Crippen LogP contribution >= 0.6 is 0 Å². The van der Waals surface area contributed by atoms with Gasteiger partial charge in [-0.25, -0.2) is 9.37 Å². The molecule has 0 radical (unpaired) electrons. The summed E-state index contributed by atoms with van der Waals surface area (Å²) in [6, 6.07) is 13.5. The summed E-state index contributed by atoms with van der Waals surface area (Å²) in [5.74, 6) is -0.316. The first-order valence-corrected chi connectivity index (χ1v) is 5.86. The van der Waals surface area contributed by atoms with Crippen molar-refractivity contribution in [2.75, 3.05) is 11.5 Å². The molecule has 2 aromatic carbocycles. The molecular weight excluding hydrogens is 241 g/mol. The Bertz CT molecular complexity index is 768. The van der Waals surface area contributed by atoms with Crippen LogP contribution in [-0.4, -0.2) is 4.98 Å². The second-order valence-electron chi connectivity index (χ2n) is 4.35. The van der Waals surface area contributed by atoms with E-state index in [-0.39, 0.29) is 5.82 Å². The number of fused-ring (bicyclic) bond motifs is 1. The average molecular weight is 253 g/mol. The molecule has 0 aliphatic carbocycles. The third kappa shape index (κ3) is 1.97. The minimum atomic E-state index is -0.316. The van der Waals surface area contributed by atoms with Gasteiger partial charge in [0.25, 0.3) is 0 Å². The molecule has 0 fully saturated rings. The van der Waals surface area contributed by atoms with Crippen LogP contribution in [0.4, 0.5) is 15.8 Å². The van der Waals surface area contributed by atoms with Crippen LogP contribution in [0.5, 0.6) is 0 Å². The predicted octanol–water partition coefficient (Wildman–Crippen LogP) is 3.21. The number of nitrogens with zero attached hydrogens (tertiary/aromatic N) is 1. The van der Waals surface area contributed by atoms with Crippen molar-refractivity contribution in [3.8, 4) is 11.3 Å². The van der Waals surface area contributed by atoms with E-state index in [9.17, 15) is 4.39 Å². The molecule has 1 aromatic heterocycles. The number of benzene rings is 2. The fourth-order valence-corrected chi connectivity index (χ4v) is 2.08. The van der Waals surface area contributed by atoms with Gasteiger partial charge in [-0.05, 0) is 36.4 Å². The fourth-order valence-electron chi connectivity index (χ4n) is 2.08. The van der Waals surface area contributed by atoms with Crippen LogP contribution in [0.2, 0.25) is 0 Å². The predicted molar refractivity (Wildman–Crippen MR) is 76.0 cm³/mol. The summed E-state index contributed by atoms with van der Waals surface area (Å²) in [6.45, 7) is 0. The summed E-state index contributed by atoms with van der Waals surface area (Å²) in [5.41, 5.74) is 14.5. The summed E-state index contributed by atoms with van der Waals surface area (Å²) in [5, 5.41) is 0.778. The molecule has 1 heterocycles. The van der Waals surface area contributed by atoms with Crippen molar-refractivity contribution in [1.29, 1.82) is 0 Å². The molecule has 0 unspecified atom stereocenters. The number of pyridine rings is 1. The molecule has 0 amide bonds. The summed E-state index contributed by atoms with van der Waals surface area (Å²) >= 11 is 0.